The molecule has 0 bridgehead atoms. The summed E-state index contributed by atoms with van der Waals surface area (Å²) in [7, 11) is -2.11. The highest BCUT2D eigenvalue weighted by atomic mass is 32.2. The number of rotatable bonds is 7. The van der Waals surface area contributed by atoms with Crippen molar-refractivity contribution in [1.29, 1.82) is 0 Å². The Kier molecular flexibility index (Phi) is 7.73. The number of amides is 1. The topological polar surface area (TPSA) is 79.0 Å². The maximum atomic E-state index is 13.4. The van der Waals surface area contributed by atoms with Crippen molar-refractivity contribution in [3.8, 4) is 5.75 Å². The average molecular weight is 494 g/mol. The normalized spacial score (nSPS) is 14.5. The molecule has 3 aromatic carbocycles. The first-order valence-electron chi connectivity index (χ1n) is 11.7. The zero-order valence-electron chi connectivity index (χ0n) is 20.1. The molecule has 184 valence electrons. The van der Waals surface area contributed by atoms with Gasteiger partial charge in [0.1, 0.15) is 5.75 Å². The molecule has 0 saturated carbocycles. The number of hydrogen-bond donors (Lipinski definition) is 1. The SMILES string of the molecule is COc1ccc(N2CCCN(C(=O)c3cc(S(=O)(=O)NCc4ccccc4)ccc3C)CC2)cc1. The Morgan fingerprint density at radius 3 is 2.40 bits per heavy atom. The molecule has 1 amide bonds. The molecule has 1 aliphatic rings. The van der Waals surface area contributed by atoms with Gasteiger partial charge in [-0.05, 0) is 60.9 Å². The number of carbonyl (C=O) groups is 1. The van der Waals surface area contributed by atoms with E-state index in [0.29, 0.717) is 25.2 Å². The van der Waals surface area contributed by atoms with Crippen LogP contribution in [0.5, 0.6) is 5.75 Å². The third-order valence-electron chi connectivity index (χ3n) is 6.28. The summed E-state index contributed by atoms with van der Waals surface area (Å²) in [6, 6.07) is 22.0. The lowest BCUT2D eigenvalue weighted by Crippen LogP contribution is -2.35. The van der Waals surface area contributed by atoms with Gasteiger partial charge in [-0.3, -0.25) is 4.79 Å². The zero-order chi connectivity index (χ0) is 24.8. The molecule has 3 aromatic rings. The molecule has 0 aromatic heterocycles. The van der Waals surface area contributed by atoms with Crippen LogP contribution < -0.4 is 14.4 Å². The number of anilines is 1. The van der Waals surface area contributed by atoms with Gasteiger partial charge >= 0.3 is 0 Å². The van der Waals surface area contributed by atoms with Crippen LogP contribution in [0.4, 0.5) is 5.69 Å². The first-order valence-corrected chi connectivity index (χ1v) is 13.2. The van der Waals surface area contributed by atoms with E-state index in [2.05, 4.69) is 9.62 Å². The predicted molar refractivity (Wildman–Crippen MR) is 137 cm³/mol. The predicted octanol–water partition coefficient (Wildman–Crippen LogP) is 3.83. The summed E-state index contributed by atoms with van der Waals surface area (Å²) in [5, 5.41) is 0. The van der Waals surface area contributed by atoms with Gasteiger partial charge in [0.25, 0.3) is 5.91 Å². The van der Waals surface area contributed by atoms with Gasteiger partial charge < -0.3 is 14.5 Å². The van der Waals surface area contributed by atoms with Crippen molar-refractivity contribution in [2.75, 3.05) is 38.2 Å². The molecule has 4 rings (SSSR count). The molecule has 0 aliphatic carbocycles. The smallest absolute Gasteiger partial charge is 0.254 e. The minimum Gasteiger partial charge on any atom is -0.497 e. The van der Waals surface area contributed by atoms with Crippen molar-refractivity contribution >= 4 is 21.6 Å². The molecule has 7 nitrogen and oxygen atoms in total. The summed E-state index contributed by atoms with van der Waals surface area (Å²) in [6.45, 7) is 4.75. The second-order valence-corrected chi connectivity index (χ2v) is 10.4. The number of aryl methyl sites for hydroxylation is 1. The number of ether oxygens (including phenoxy) is 1. The number of nitrogens with one attached hydrogen (secondary N) is 1. The third kappa shape index (κ3) is 6.01. The van der Waals surface area contributed by atoms with E-state index < -0.39 is 10.0 Å². The molecule has 0 radical (unpaired) electrons. The largest absolute Gasteiger partial charge is 0.497 e. The highest BCUT2D eigenvalue weighted by Gasteiger charge is 2.24. The Balaban J connectivity index is 1.46. The molecule has 1 saturated heterocycles. The van der Waals surface area contributed by atoms with Gasteiger partial charge in [-0.1, -0.05) is 36.4 Å². The Bertz CT molecular complexity index is 1260. The Morgan fingerprint density at radius 1 is 0.943 bits per heavy atom. The van der Waals surface area contributed by atoms with Gasteiger partial charge in [0, 0.05) is 44.0 Å². The number of methoxy groups -OCH3 is 1. The van der Waals surface area contributed by atoms with E-state index in [1.54, 1.807) is 19.2 Å². The number of benzene rings is 3. The van der Waals surface area contributed by atoms with Crippen molar-refractivity contribution in [2.45, 2.75) is 24.8 Å². The summed E-state index contributed by atoms with van der Waals surface area (Å²) in [6.07, 6.45) is 0.827. The van der Waals surface area contributed by atoms with Gasteiger partial charge in [0.15, 0.2) is 0 Å². The summed E-state index contributed by atoms with van der Waals surface area (Å²) >= 11 is 0. The quantitative estimate of drug-likeness (QED) is 0.541. The van der Waals surface area contributed by atoms with Crippen molar-refractivity contribution in [2.24, 2.45) is 0 Å². The van der Waals surface area contributed by atoms with Crippen LogP contribution in [-0.4, -0.2) is 52.5 Å². The van der Waals surface area contributed by atoms with E-state index in [-0.39, 0.29) is 17.3 Å². The Hall–Kier alpha value is -3.36. The van der Waals surface area contributed by atoms with Crippen LogP contribution >= 0.6 is 0 Å². The summed E-state index contributed by atoms with van der Waals surface area (Å²) in [5.74, 6) is 0.670. The fraction of sp³-hybridized carbons (Fsp3) is 0.296. The highest BCUT2D eigenvalue weighted by Crippen LogP contribution is 2.22. The molecular formula is C27H31N3O4S. The minimum atomic E-state index is -3.76. The molecule has 1 heterocycles. The van der Waals surface area contributed by atoms with Crippen LogP contribution in [-0.2, 0) is 16.6 Å². The number of carbonyl (C=O) groups excluding carboxylic acids is 1. The third-order valence-corrected chi connectivity index (χ3v) is 7.68. The van der Waals surface area contributed by atoms with Crippen molar-refractivity contribution in [3.05, 3.63) is 89.5 Å². The second kappa shape index (κ2) is 10.9. The molecule has 1 N–H and O–H groups in total. The van der Waals surface area contributed by atoms with E-state index in [1.807, 2.05) is 66.4 Å². The molecule has 1 fully saturated rings. The maximum Gasteiger partial charge on any atom is 0.254 e. The minimum absolute atomic E-state index is 0.0945. The number of sulfonamides is 1. The van der Waals surface area contributed by atoms with Crippen molar-refractivity contribution in [3.63, 3.8) is 0 Å². The van der Waals surface area contributed by atoms with E-state index in [9.17, 15) is 13.2 Å². The number of hydrogen-bond acceptors (Lipinski definition) is 5. The maximum absolute atomic E-state index is 13.4. The standard InChI is InChI=1S/C27H31N3O4S/c1-21-9-14-25(35(32,33)28-20-22-7-4-3-5-8-22)19-26(21)27(31)30-16-6-15-29(17-18-30)23-10-12-24(34-2)13-11-23/h3-5,7-14,19,28H,6,15-18,20H2,1-2H3. The van der Waals surface area contributed by atoms with Gasteiger partial charge in [0.05, 0.1) is 12.0 Å². The monoisotopic (exact) mass is 493 g/mol. The molecule has 35 heavy (non-hydrogen) atoms. The summed E-state index contributed by atoms with van der Waals surface area (Å²) in [5.41, 5.74) is 3.14. The van der Waals surface area contributed by atoms with Crippen LogP contribution in [0.25, 0.3) is 0 Å². The molecule has 1 aliphatic heterocycles. The van der Waals surface area contributed by atoms with Gasteiger partial charge in [-0.2, -0.15) is 0 Å². The van der Waals surface area contributed by atoms with E-state index in [4.69, 9.17) is 4.74 Å². The average Bonchev–Trinajstić information content (AvgIpc) is 3.14. The first-order chi connectivity index (χ1) is 16.9. The van der Waals surface area contributed by atoms with Gasteiger partial charge in [-0.25, -0.2) is 13.1 Å². The second-order valence-electron chi connectivity index (χ2n) is 8.62. The van der Waals surface area contributed by atoms with E-state index in [0.717, 1.165) is 35.5 Å². The van der Waals surface area contributed by atoms with Crippen LogP contribution in [0.1, 0.15) is 27.9 Å². The van der Waals surface area contributed by atoms with E-state index >= 15 is 0 Å². The summed E-state index contributed by atoms with van der Waals surface area (Å²) < 4.78 is 33.7. The molecule has 0 spiro atoms. The first kappa shape index (κ1) is 24.8. The Labute approximate surface area is 207 Å². The molecule has 0 atom stereocenters. The van der Waals surface area contributed by atoms with Crippen LogP contribution in [0.3, 0.4) is 0 Å². The highest BCUT2D eigenvalue weighted by molar-refractivity contribution is 7.89. The zero-order valence-corrected chi connectivity index (χ0v) is 20.9. The molecule has 8 heteroatoms. The number of nitrogens with zero attached hydrogens (tertiary/aromatic N) is 2. The van der Waals surface area contributed by atoms with Crippen LogP contribution in [0.2, 0.25) is 0 Å². The molecular weight excluding hydrogens is 462 g/mol. The fourth-order valence-corrected chi connectivity index (χ4v) is 5.24. The molecule has 0 unspecified atom stereocenters. The lowest BCUT2D eigenvalue weighted by Gasteiger charge is -2.24. The summed E-state index contributed by atoms with van der Waals surface area (Å²) in [4.78, 5) is 17.6. The van der Waals surface area contributed by atoms with Crippen LogP contribution in [0.15, 0.2) is 77.7 Å². The van der Waals surface area contributed by atoms with Crippen molar-refractivity contribution in [1.82, 2.24) is 9.62 Å². The van der Waals surface area contributed by atoms with E-state index in [1.165, 1.54) is 6.07 Å². The van der Waals surface area contributed by atoms with Crippen LogP contribution in [0, 0.1) is 6.92 Å². The lowest BCUT2D eigenvalue weighted by atomic mass is 10.1. The van der Waals surface area contributed by atoms with Crippen molar-refractivity contribution < 1.29 is 17.9 Å². The Morgan fingerprint density at radius 2 is 1.69 bits per heavy atom. The van der Waals surface area contributed by atoms with Gasteiger partial charge in [-0.15, -0.1) is 0 Å². The fourth-order valence-electron chi connectivity index (χ4n) is 4.20. The van der Waals surface area contributed by atoms with Gasteiger partial charge in [0.2, 0.25) is 10.0 Å². The lowest BCUT2D eigenvalue weighted by molar-refractivity contribution is 0.0766.